The first kappa shape index (κ1) is 16.2. The monoisotopic (exact) mass is 329 g/mol. The number of sulfonamides is 1. The zero-order chi connectivity index (χ0) is 16.4. The molecule has 1 aliphatic rings. The lowest BCUT2D eigenvalue weighted by molar-refractivity contribution is 0.222. The summed E-state index contributed by atoms with van der Waals surface area (Å²) in [5.41, 5.74) is 2.13. The second-order valence-electron chi connectivity index (χ2n) is 6.66. The number of benzene rings is 2. The highest BCUT2D eigenvalue weighted by Gasteiger charge is 2.31. The third-order valence-corrected chi connectivity index (χ3v) is 6.28. The van der Waals surface area contributed by atoms with Crippen molar-refractivity contribution in [1.29, 1.82) is 0 Å². The maximum atomic E-state index is 12.9. The van der Waals surface area contributed by atoms with E-state index in [1.165, 1.54) is 0 Å². The number of nitrogens with zero attached hydrogens (tertiary/aromatic N) is 1. The first-order valence-electron chi connectivity index (χ1n) is 8.12. The molecule has 1 fully saturated rings. The van der Waals surface area contributed by atoms with E-state index in [1.807, 2.05) is 42.5 Å². The fourth-order valence-corrected chi connectivity index (χ4v) is 5.08. The molecule has 3 nitrogen and oxygen atoms in total. The van der Waals surface area contributed by atoms with Crippen LogP contribution in [0.3, 0.4) is 0 Å². The van der Waals surface area contributed by atoms with Crippen LogP contribution in [0, 0.1) is 11.8 Å². The molecule has 0 saturated carbocycles. The van der Waals surface area contributed by atoms with Crippen LogP contribution in [0.2, 0.25) is 0 Å². The molecule has 1 aliphatic heterocycles. The minimum absolute atomic E-state index is 0.387. The predicted octanol–water partition coefficient (Wildman–Crippen LogP) is 4.02. The van der Waals surface area contributed by atoms with E-state index in [0.717, 1.165) is 17.5 Å². The molecule has 0 bridgehead atoms. The fraction of sp³-hybridized carbons (Fsp3) is 0.368. The number of rotatable bonds is 3. The zero-order valence-electron chi connectivity index (χ0n) is 13.6. The molecule has 0 aliphatic carbocycles. The SMILES string of the molecule is C[C@@H]1C[C@H](C)CN(S(=O)(=O)c2ccc(-c3ccccc3)cc2)C1. The normalized spacial score (nSPS) is 22.9. The Morgan fingerprint density at radius 1 is 0.826 bits per heavy atom. The molecule has 0 unspecified atom stereocenters. The quantitative estimate of drug-likeness (QED) is 0.853. The summed E-state index contributed by atoms with van der Waals surface area (Å²) in [6, 6.07) is 17.2. The Morgan fingerprint density at radius 2 is 1.35 bits per heavy atom. The summed E-state index contributed by atoms with van der Waals surface area (Å²) in [4.78, 5) is 0.387. The topological polar surface area (TPSA) is 37.4 Å². The van der Waals surface area contributed by atoms with Crippen molar-refractivity contribution in [2.24, 2.45) is 11.8 Å². The molecule has 4 heteroatoms. The molecule has 0 spiro atoms. The van der Waals surface area contributed by atoms with Gasteiger partial charge >= 0.3 is 0 Å². The van der Waals surface area contributed by atoms with Gasteiger partial charge in [0.1, 0.15) is 0 Å². The summed E-state index contributed by atoms with van der Waals surface area (Å²) >= 11 is 0. The van der Waals surface area contributed by atoms with E-state index in [9.17, 15) is 8.42 Å². The van der Waals surface area contributed by atoms with Gasteiger partial charge in [-0.05, 0) is 41.5 Å². The summed E-state index contributed by atoms with van der Waals surface area (Å²) in [7, 11) is -3.39. The van der Waals surface area contributed by atoms with Crippen LogP contribution in [0.5, 0.6) is 0 Å². The van der Waals surface area contributed by atoms with Gasteiger partial charge in [0, 0.05) is 13.1 Å². The Kier molecular flexibility index (Phi) is 4.55. The van der Waals surface area contributed by atoms with Gasteiger partial charge in [0.15, 0.2) is 0 Å². The molecule has 2 aromatic carbocycles. The first-order chi connectivity index (χ1) is 11.0. The molecule has 122 valence electrons. The van der Waals surface area contributed by atoms with E-state index in [-0.39, 0.29) is 0 Å². The number of hydrogen-bond donors (Lipinski definition) is 0. The van der Waals surface area contributed by atoms with Crippen LogP contribution in [-0.4, -0.2) is 25.8 Å². The maximum Gasteiger partial charge on any atom is 0.243 e. The standard InChI is InChI=1S/C19H23NO2S/c1-15-12-16(2)14-20(13-15)23(21,22)19-10-8-18(9-11-19)17-6-4-3-5-7-17/h3-11,15-16H,12-14H2,1-2H3/t15-,16+. The molecular formula is C19H23NO2S. The van der Waals surface area contributed by atoms with Crippen molar-refractivity contribution in [3.05, 3.63) is 54.6 Å². The van der Waals surface area contributed by atoms with Crippen molar-refractivity contribution in [2.75, 3.05) is 13.1 Å². The Balaban J connectivity index is 1.86. The third-order valence-electron chi connectivity index (χ3n) is 4.43. The predicted molar refractivity (Wildman–Crippen MR) is 93.6 cm³/mol. The summed E-state index contributed by atoms with van der Waals surface area (Å²) < 4.78 is 27.3. The van der Waals surface area contributed by atoms with Gasteiger partial charge in [-0.1, -0.05) is 56.3 Å². The molecule has 2 aromatic rings. The Hall–Kier alpha value is -1.65. The fourth-order valence-electron chi connectivity index (χ4n) is 3.40. The van der Waals surface area contributed by atoms with Gasteiger partial charge in [0.2, 0.25) is 10.0 Å². The zero-order valence-corrected chi connectivity index (χ0v) is 14.5. The van der Waals surface area contributed by atoms with Crippen LogP contribution in [-0.2, 0) is 10.0 Å². The van der Waals surface area contributed by atoms with Gasteiger partial charge in [0.25, 0.3) is 0 Å². The molecular weight excluding hydrogens is 306 g/mol. The third kappa shape index (κ3) is 3.48. The average molecular weight is 329 g/mol. The van der Waals surface area contributed by atoms with Crippen LogP contribution in [0.15, 0.2) is 59.5 Å². The lowest BCUT2D eigenvalue weighted by Crippen LogP contribution is -2.42. The molecule has 23 heavy (non-hydrogen) atoms. The van der Waals surface area contributed by atoms with Crippen molar-refractivity contribution in [3.63, 3.8) is 0 Å². The largest absolute Gasteiger partial charge is 0.243 e. The molecule has 0 N–H and O–H groups in total. The van der Waals surface area contributed by atoms with E-state index >= 15 is 0 Å². The molecule has 0 radical (unpaired) electrons. The minimum Gasteiger partial charge on any atom is -0.207 e. The summed E-state index contributed by atoms with van der Waals surface area (Å²) in [6.45, 7) is 5.48. The smallest absolute Gasteiger partial charge is 0.207 e. The lowest BCUT2D eigenvalue weighted by Gasteiger charge is -2.34. The van der Waals surface area contributed by atoms with Gasteiger partial charge in [-0.3, -0.25) is 0 Å². The highest BCUT2D eigenvalue weighted by molar-refractivity contribution is 7.89. The van der Waals surface area contributed by atoms with E-state index in [1.54, 1.807) is 16.4 Å². The van der Waals surface area contributed by atoms with Crippen molar-refractivity contribution in [1.82, 2.24) is 4.31 Å². The molecule has 0 amide bonds. The van der Waals surface area contributed by atoms with Crippen LogP contribution in [0.4, 0.5) is 0 Å². The van der Waals surface area contributed by atoms with Gasteiger partial charge in [0.05, 0.1) is 4.90 Å². The molecule has 3 rings (SSSR count). The van der Waals surface area contributed by atoms with E-state index in [2.05, 4.69) is 13.8 Å². The van der Waals surface area contributed by atoms with Gasteiger partial charge < -0.3 is 0 Å². The summed E-state index contributed by atoms with van der Waals surface area (Å²) in [5, 5.41) is 0. The van der Waals surface area contributed by atoms with Gasteiger partial charge in [-0.15, -0.1) is 0 Å². The van der Waals surface area contributed by atoms with Crippen molar-refractivity contribution in [2.45, 2.75) is 25.2 Å². The van der Waals surface area contributed by atoms with Crippen molar-refractivity contribution in [3.8, 4) is 11.1 Å². The van der Waals surface area contributed by atoms with Crippen molar-refractivity contribution >= 4 is 10.0 Å². The second-order valence-corrected chi connectivity index (χ2v) is 8.60. The highest BCUT2D eigenvalue weighted by atomic mass is 32.2. The minimum atomic E-state index is -3.39. The van der Waals surface area contributed by atoms with Crippen LogP contribution in [0.25, 0.3) is 11.1 Å². The van der Waals surface area contributed by atoms with Crippen LogP contribution >= 0.6 is 0 Å². The Bertz CT molecular complexity index is 744. The van der Waals surface area contributed by atoms with Crippen LogP contribution < -0.4 is 0 Å². The maximum absolute atomic E-state index is 12.9. The highest BCUT2D eigenvalue weighted by Crippen LogP contribution is 2.28. The molecule has 0 aromatic heterocycles. The first-order valence-corrected chi connectivity index (χ1v) is 9.56. The molecule has 2 atom stereocenters. The number of piperidine rings is 1. The lowest BCUT2D eigenvalue weighted by atomic mass is 9.94. The van der Waals surface area contributed by atoms with Crippen molar-refractivity contribution < 1.29 is 8.42 Å². The average Bonchev–Trinajstić information content (AvgIpc) is 2.55. The molecule has 1 heterocycles. The number of hydrogen-bond acceptors (Lipinski definition) is 2. The van der Waals surface area contributed by atoms with Crippen LogP contribution in [0.1, 0.15) is 20.3 Å². The summed E-state index contributed by atoms with van der Waals surface area (Å²) in [5.74, 6) is 0.828. The van der Waals surface area contributed by atoms with E-state index in [4.69, 9.17) is 0 Å². The Morgan fingerprint density at radius 3 is 1.91 bits per heavy atom. The summed E-state index contributed by atoms with van der Waals surface area (Å²) in [6.07, 6.45) is 1.10. The second kappa shape index (κ2) is 6.46. The van der Waals surface area contributed by atoms with Gasteiger partial charge in [-0.2, -0.15) is 4.31 Å². The van der Waals surface area contributed by atoms with E-state index < -0.39 is 10.0 Å². The molecule has 1 saturated heterocycles. The van der Waals surface area contributed by atoms with E-state index in [0.29, 0.717) is 29.8 Å². The van der Waals surface area contributed by atoms with Gasteiger partial charge in [-0.25, -0.2) is 8.42 Å². The Labute approximate surface area is 139 Å².